The number of nitrogens with one attached hydrogen (secondary N) is 2. The van der Waals surface area contributed by atoms with E-state index in [0.717, 1.165) is 26.2 Å². The van der Waals surface area contributed by atoms with Gasteiger partial charge < -0.3 is 10.6 Å². The Morgan fingerprint density at radius 3 is 2.95 bits per heavy atom. The quantitative estimate of drug-likeness (QED) is 0.847. The number of carbonyl (C=O) groups excluding carboxylic acids is 1. The minimum absolute atomic E-state index is 0.0700. The summed E-state index contributed by atoms with van der Waals surface area (Å²) >= 11 is 0. The van der Waals surface area contributed by atoms with Crippen LogP contribution in [-0.4, -0.2) is 43.5 Å². The van der Waals surface area contributed by atoms with E-state index in [4.69, 9.17) is 0 Å². The van der Waals surface area contributed by atoms with E-state index in [1.165, 1.54) is 16.7 Å². The molecule has 4 heteroatoms. The van der Waals surface area contributed by atoms with Crippen LogP contribution in [0.4, 0.5) is 0 Å². The average molecular weight is 261 g/mol. The SMILES string of the molecule is CNC(=O)C1CNCCN1Cc1ccc(C)cc1C. The lowest BCUT2D eigenvalue weighted by Gasteiger charge is -2.35. The van der Waals surface area contributed by atoms with Gasteiger partial charge >= 0.3 is 0 Å². The molecule has 4 nitrogen and oxygen atoms in total. The summed E-state index contributed by atoms with van der Waals surface area (Å²) in [7, 11) is 1.70. The highest BCUT2D eigenvalue weighted by Crippen LogP contribution is 2.15. The van der Waals surface area contributed by atoms with Gasteiger partial charge in [-0.3, -0.25) is 9.69 Å². The molecule has 0 aromatic heterocycles. The second-order valence-electron chi connectivity index (χ2n) is 5.23. The van der Waals surface area contributed by atoms with Gasteiger partial charge in [-0.15, -0.1) is 0 Å². The first kappa shape index (κ1) is 14.0. The molecule has 0 aliphatic carbocycles. The summed E-state index contributed by atoms with van der Waals surface area (Å²) in [5.41, 5.74) is 3.89. The molecule has 1 saturated heterocycles. The number of carbonyl (C=O) groups is 1. The van der Waals surface area contributed by atoms with E-state index in [1.54, 1.807) is 7.05 Å². The lowest BCUT2D eigenvalue weighted by Crippen LogP contribution is -2.56. The van der Waals surface area contributed by atoms with Gasteiger partial charge in [-0.1, -0.05) is 23.8 Å². The van der Waals surface area contributed by atoms with Crippen molar-refractivity contribution in [2.24, 2.45) is 0 Å². The predicted octanol–water partition coefficient (Wildman–Crippen LogP) is 0.823. The first-order valence-corrected chi connectivity index (χ1v) is 6.84. The maximum atomic E-state index is 11.9. The molecule has 0 radical (unpaired) electrons. The normalized spacial score (nSPS) is 20.3. The minimum atomic E-state index is -0.0700. The summed E-state index contributed by atoms with van der Waals surface area (Å²) in [6.45, 7) is 7.66. The van der Waals surface area contributed by atoms with Gasteiger partial charge in [0.25, 0.3) is 0 Å². The number of hydrogen-bond donors (Lipinski definition) is 2. The Balaban J connectivity index is 2.13. The highest BCUT2D eigenvalue weighted by molar-refractivity contribution is 5.81. The van der Waals surface area contributed by atoms with E-state index < -0.39 is 0 Å². The molecule has 1 aliphatic rings. The van der Waals surface area contributed by atoms with E-state index in [-0.39, 0.29) is 11.9 Å². The second kappa shape index (κ2) is 6.17. The standard InChI is InChI=1S/C15H23N3O/c1-11-4-5-13(12(2)8-11)10-18-7-6-17-9-14(18)15(19)16-3/h4-5,8,14,17H,6-7,9-10H2,1-3H3,(H,16,19). The molecule has 1 aliphatic heterocycles. The monoisotopic (exact) mass is 261 g/mol. The molecular formula is C15H23N3O. The van der Waals surface area contributed by atoms with Crippen molar-refractivity contribution in [3.63, 3.8) is 0 Å². The molecule has 1 fully saturated rings. The van der Waals surface area contributed by atoms with Crippen LogP contribution in [0.25, 0.3) is 0 Å². The minimum Gasteiger partial charge on any atom is -0.358 e. The van der Waals surface area contributed by atoms with Crippen molar-refractivity contribution in [3.8, 4) is 0 Å². The van der Waals surface area contributed by atoms with Crippen LogP contribution in [0.15, 0.2) is 18.2 Å². The van der Waals surface area contributed by atoms with Crippen molar-refractivity contribution >= 4 is 5.91 Å². The Labute approximate surface area is 115 Å². The van der Waals surface area contributed by atoms with Crippen LogP contribution in [-0.2, 0) is 11.3 Å². The number of aryl methyl sites for hydroxylation is 2. The Bertz CT molecular complexity index is 459. The fourth-order valence-electron chi connectivity index (χ4n) is 2.60. The molecule has 1 unspecified atom stereocenters. The van der Waals surface area contributed by atoms with Gasteiger partial charge in [-0.05, 0) is 25.0 Å². The van der Waals surface area contributed by atoms with Gasteiger partial charge in [0, 0.05) is 33.2 Å². The number of amides is 1. The molecule has 1 amide bonds. The highest BCUT2D eigenvalue weighted by atomic mass is 16.2. The Morgan fingerprint density at radius 1 is 1.47 bits per heavy atom. The summed E-state index contributed by atoms with van der Waals surface area (Å²) in [4.78, 5) is 14.2. The van der Waals surface area contributed by atoms with Crippen molar-refractivity contribution in [2.45, 2.75) is 26.4 Å². The molecule has 0 saturated carbocycles. The molecule has 1 heterocycles. The summed E-state index contributed by atoms with van der Waals surface area (Å²) in [6, 6.07) is 6.44. The number of hydrogen-bond acceptors (Lipinski definition) is 3. The van der Waals surface area contributed by atoms with Gasteiger partial charge in [-0.2, -0.15) is 0 Å². The third kappa shape index (κ3) is 3.33. The van der Waals surface area contributed by atoms with Crippen LogP contribution in [0.1, 0.15) is 16.7 Å². The Kier molecular flexibility index (Phi) is 4.56. The van der Waals surface area contributed by atoms with Crippen LogP contribution in [0.5, 0.6) is 0 Å². The number of rotatable bonds is 3. The molecule has 1 aromatic rings. The third-order valence-corrected chi connectivity index (χ3v) is 3.77. The predicted molar refractivity (Wildman–Crippen MR) is 77.1 cm³/mol. The van der Waals surface area contributed by atoms with Crippen molar-refractivity contribution < 1.29 is 4.79 Å². The zero-order valence-corrected chi connectivity index (χ0v) is 12.0. The van der Waals surface area contributed by atoms with E-state index in [9.17, 15) is 4.79 Å². The smallest absolute Gasteiger partial charge is 0.238 e. The summed E-state index contributed by atoms with van der Waals surface area (Å²) < 4.78 is 0. The van der Waals surface area contributed by atoms with Gasteiger partial charge in [-0.25, -0.2) is 0 Å². The zero-order valence-electron chi connectivity index (χ0n) is 12.0. The highest BCUT2D eigenvalue weighted by Gasteiger charge is 2.27. The molecule has 1 aromatic carbocycles. The fourth-order valence-corrected chi connectivity index (χ4v) is 2.60. The molecule has 104 valence electrons. The average Bonchev–Trinajstić information content (AvgIpc) is 2.41. The molecule has 2 N–H and O–H groups in total. The largest absolute Gasteiger partial charge is 0.358 e. The van der Waals surface area contributed by atoms with Gasteiger partial charge in [0.15, 0.2) is 0 Å². The number of nitrogens with zero attached hydrogens (tertiary/aromatic N) is 1. The lowest BCUT2D eigenvalue weighted by molar-refractivity contribution is -0.126. The first-order valence-electron chi connectivity index (χ1n) is 6.84. The first-order chi connectivity index (χ1) is 9.11. The van der Waals surface area contributed by atoms with Crippen LogP contribution in [0.2, 0.25) is 0 Å². The molecule has 1 atom stereocenters. The molecular weight excluding hydrogens is 238 g/mol. The molecule has 0 bridgehead atoms. The molecule has 19 heavy (non-hydrogen) atoms. The van der Waals surface area contributed by atoms with E-state index in [2.05, 4.69) is 47.6 Å². The number of likely N-dealkylation sites (N-methyl/N-ethyl adjacent to an activating group) is 1. The van der Waals surface area contributed by atoms with Crippen LogP contribution in [0.3, 0.4) is 0 Å². The maximum absolute atomic E-state index is 11.9. The molecule has 2 rings (SSSR count). The zero-order chi connectivity index (χ0) is 13.8. The fraction of sp³-hybridized carbons (Fsp3) is 0.533. The van der Waals surface area contributed by atoms with E-state index >= 15 is 0 Å². The number of piperazine rings is 1. The van der Waals surface area contributed by atoms with Crippen LogP contribution in [0, 0.1) is 13.8 Å². The van der Waals surface area contributed by atoms with E-state index in [1.807, 2.05) is 0 Å². The Hall–Kier alpha value is -1.39. The lowest BCUT2D eigenvalue weighted by atomic mass is 10.0. The van der Waals surface area contributed by atoms with Gasteiger partial charge in [0.05, 0.1) is 0 Å². The van der Waals surface area contributed by atoms with E-state index in [0.29, 0.717) is 0 Å². The topological polar surface area (TPSA) is 44.4 Å². The Morgan fingerprint density at radius 2 is 2.26 bits per heavy atom. The van der Waals surface area contributed by atoms with Crippen molar-refractivity contribution in [1.29, 1.82) is 0 Å². The third-order valence-electron chi connectivity index (χ3n) is 3.77. The maximum Gasteiger partial charge on any atom is 0.238 e. The van der Waals surface area contributed by atoms with Gasteiger partial charge in [0.2, 0.25) is 5.91 Å². The number of benzene rings is 1. The summed E-state index contributed by atoms with van der Waals surface area (Å²) in [5.74, 6) is 0.0944. The van der Waals surface area contributed by atoms with Crippen molar-refractivity contribution in [2.75, 3.05) is 26.7 Å². The van der Waals surface area contributed by atoms with Gasteiger partial charge in [0.1, 0.15) is 6.04 Å². The van der Waals surface area contributed by atoms with Crippen molar-refractivity contribution in [1.82, 2.24) is 15.5 Å². The molecule has 0 spiro atoms. The second-order valence-corrected chi connectivity index (χ2v) is 5.23. The summed E-state index contributed by atoms with van der Waals surface area (Å²) in [5, 5.41) is 6.04. The van der Waals surface area contributed by atoms with Crippen LogP contribution < -0.4 is 10.6 Å². The van der Waals surface area contributed by atoms with Crippen LogP contribution >= 0.6 is 0 Å². The van der Waals surface area contributed by atoms with Crippen molar-refractivity contribution in [3.05, 3.63) is 34.9 Å². The summed E-state index contributed by atoms with van der Waals surface area (Å²) in [6.07, 6.45) is 0.